The summed E-state index contributed by atoms with van der Waals surface area (Å²) >= 11 is 12.2. The summed E-state index contributed by atoms with van der Waals surface area (Å²) in [6.45, 7) is 1.74. The molecule has 24 heavy (non-hydrogen) atoms. The van der Waals surface area contributed by atoms with E-state index in [1.54, 1.807) is 23.7 Å². The number of nitrogens with one attached hydrogen (secondary N) is 2. The Morgan fingerprint density at radius 2 is 1.92 bits per heavy atom. The van der Waals surface area contributed by atoms with Crippen molar-refractivity contribution in [1.82, 2.24) is 5.48 Å². The lowest BCUT2D eigenvalue weighted by Gasteiger charge is -2.21. The first-order chi connectivity index (χ1) is 11.6. The van der Waals surface area contributed by atoms with Crippen LogP contribution in [0.1, 0.15) is 16.8 Å². The molecule has 126 valence electrons. The molecule has 3 N–H and O–H groups in total. The molecule has 5 nitrogen and oxygen atoms in total. The highest BCUT2D eigenvalue weighted by Crippen LogP contribution is 2.31. The number of carbonyl (C=O) groups is 1. The molecule has 0 aromatic heterocycles. The molecule has 0 aliphatic carbocycles. The molecule has 0 bridgehead atoms. The van der Waals surface area contributed by atoms with Crippen LogP contribution in [0.5, 0.6) is 0 Å². The lowest BCUT2D eigenvalue weighted by atomic mass is 10.2. The Bertz CT molecular complexity index is 737. The molecule has 1 aliphatic rings. The molecule has 1 unspecified atom stereocenters. The number of rotatable bonds is 4. The van der Waals surface area contributed by atoms with E-state index in [9.17, 15) is 4.79 Å². The highest BCUT2D eigenvalue weighted by Gasteiger charge is 2.24. The minimum absolute atomic E-state index is 0.286. The minimum Gasteiger partial charge on any atom is -0.380 e. The van der Waals surface area contributed by atoms with Crippen molar-refractivity contribution >= 4 is 40.5 Å². The van der Waals surface area contributed by atoms with Crippen LogP contribution >= 0.6 is 23.2 Å². The van der Waals surface area contributed by atoms with Gasteiger partial charge in [-0.1, -0.05) is 23.2 Å². The van der Waals surface area contributed by atoms with Crippen LogP contribution < -0.4 is 15.7 Å². The van der Waals surface area contributed by atoms with Gasteiger partial charge in [0.25, 0.3) is 5.91 Å². The average molecular weight is 366 g/mol. The van der Waals surface area contributed by atoms with Gasteiger partial charge in [-0.3, -0.25) is 10.0 Å². The van der Waals surface area contributed by atoms with Gasteiger partial charge in [0.2, 0.25) is 0 Å². The average Bonchev–Trinajstić information content (AvgIpc) is 3.03. The molecule has 2 aromatic carbocycles. The normalized spacial score (nSPS) is 17.0. The van der Waals surface area contributed by atoms with Gasteiger partial charge in [0.05, 0.1) is 10.7 Å². The molecule has 1 aliphatic heterocycles. The van der Waals surface area contributed by atoms with Crippen molar-refractivity contribution in [2.24, 2.45) is 0 Å². The van der Waals surface area contributed by atoms with E-state index in [0.29, 0.717) is 15.6 Å². The SMILES string of the molecule is O=C(NO)c1ccc(NC2CCN(c3ccc(Cl)cc3Cl)C2)cc1. The van der Waals surface area contributed by atoms with Crippen molar-refractivity contribution < 1.29 is 10.0 Å². The van der Waals surface area contributed by atoms with Crippen molar-refractivity contribution in [2.45, 2.75) is 12.5 Å². The van der Waals surface area contributed by atoms with E-state index in [4.69, 9.17) is 28.4 Å². The first kappa shape index (κ1) is 16.9. The van der Waals surface area contributed by atoms with E-state index < -0.39 is 5.91 Å². The number of amides is 1. The van der Waals surface area contributed by atoms with E-state index in [1.807, 2.05) is 24.3 Å². The summed E-state index contributed by atoms with van der Waals surface area (Å²) in [5, 5.41) is 13.4. The molecule has 1 heterocycles. The van der Waals surface area contributed by atoms with Crippen LogP contribution in [0.15, 0.2) is 42.5 Å². The Morgan fingerprint density at radius 1 is 1.17 bits per heavy atom. The maximum absolute atomic E-state index is 11.3. The molecule has 7 heteroatoms. The topological polar surface area (TPSA) is 64.6 Å². The third kappa shape index (κ3) is 3.75. The molecular weight excluding hydrogens is 349 g/mol. The van der Waals surface area contributed by atoms with Crippen molar-refractivity contribution in [1.29, 1.82) is 0 Å². The van der Waals surface area contributed by atoms with Crippen molar-refractivity contribution in [2.75, 3.05) is 23.3 Å². The fourth-order valence-corrected chi connectivity index (χ4v) is 3.38. The summed E-state index contributed by atoms with van der Waals surface area (Å²) in [7, 11) is 0. The monoisotopic (exact) mass is 365 g/mol. The first-order valence-electron chi connectivity index (χ1n) is 7.58. The number of anilines is 2. The summed E-state index contributed by atoms with van der Waals surface area (Å²) in [5.74, 6) is -0.522. The maximum Gasteiger partial charge on any atom is 0.274 e. The second kappa shape index (κ2) is 7.30. The Balaban J connectivity index is 1.63. The van der Waals surface area contributed by atoms with Crippen molar-refractivity contribution in [3.8, 4) is 0 Å². The van der Waals surface area contributed by atoms with Crippen LogP contribution in [-0.4, -0.2) is 30.2 Å². The van der Waals surface area contributed by atoms with Crippen LogP contribution in [-0.2, 0) is 0 Å². The summed E-state index contributed by atoms with van der Waals surface area (Å²) in [6.07, 6.45) is 0.984. The number of hydrogen-bond acceptors (Lipinski definition) is 4. The predicted octanol–water partition coefficient (Wildman–Crippen LogP) is 3.80. The zero-order valence-electron chi connectivity index (χ0n) is 12.8. The summed E-state index contributed by atoms with van der Waals surface area (Å²) in [5.41, 5.74) is 3.94. The number of carbonyl (C=O) groups excluding carboxylic acids is 1. The second-order valence-electron chi connectivity index (χ2n) is 5.69. The summed E-state index contributed by atoms with van der Waals surface area (Å²) < 4.78 is 0. The van der Waals surface area contributed by atoms with E-state index in [1.165, 1.54) is 0 Å². The Kier molecular flexibility index (Phi) is 5.14. The van der Waals surface area contributed by atoms with Crippen LogP contribution in [0, 0.1) is 0 Å². The van der Waals surface area contributed by atoms with Crippen LogP contribution in [0.3, 0.4) is 0 Å². The molecule has 0 radical (unpaired) electrons. The molecule has 2 aromatic rings. The van der Waals surface area contributed by atoms with Crippen molar-refractivity contribution in [3.05, 3.63) is 58.1 Å². The molecule has 1 saturated heterocycles. The van der Waals surface area contributed by atoms with Gasteiger partial charge in [-0.2, -0.15) is 0 Å². The summed E-state index contributed by atoms with van der Waals surface area (Å²) in [6, 6.07) is 12.8. The van der Waals surface area contributed by atoms with Gasteiger partial charge >= 0.3 is 0 Å². The Morgan fingerprint density at radius 3 is 2.58 bits per heavy atom. The molecule has 1 atom stereocenters. The fraction of sp³-hybridized carbons (Fsp3) is 0.235. The Hall–Kier alpha value is -1.95. The van der Waals surface area contributed by atoms with Gasteiger partial charge in [0.1, 0.15) is 0 Å². The third-order valence-electron chi connectivity index (χ3n) is 4.06. The number of hydroxylamine groups is 1. The standard InChI is InChI=1S/C17H17Cl2N3O2/c18-12-3-6-16(15(19)9-12)22-8-7-14(10-22)20-13-4-1-11(2-5-13)17(23)21-24/h1-6,9,14,20,24H,7-8,10H2,(H,21,23). The van der Waals surface area contributed by atoms with Gasteiger partial charge in [0.15, 0.2) is 0 Å². The van der Waals surface area contributed by atoms with Crippen LogP contribution in [0.4, 0.5) is 11.4 Å². The van der Waals surface area contributed by atoms with Crippen LogP contribution in [0.25, 0.3) is 0 Å². The molecule has 0 saturated carbocycles. The first-order valence-corrected chi connectivity index (χ1v) is 8.33. The molecular formula is C17H17Cl2N3O2. The number of benzene rings is 2. The number of halogens is 2. The van der Waals surface area contributed by atoms with E-state index >= 15 is 0 Å². The molecule has 0 spiro atoms. The molecule has 1 fully saturated rings. The summed E-state index contributed by atoms with van der Waals surface area (Å²) in [4.78, 5) is 13.5. The van der Waals surface area contributed by atoms with E-state index in [-0.39, 0.29) is 6.04 Å². The lowest BCUT2D eigenvalue weighted by molar-refractivity contribution is 0.0706. The maximum atomic E-state index is 11.3. The molecule has 1 amide bonds. The largest absolute Gasteiger partial charge is 0.380 e. The minimum atomic E-state index is -0.522. The van der Waals surface area contributed by atoms with Gasteiger partial charge < -0.3 is 10.2 Å². The number of hydrogen-bond donors (Lipinski definition) is 3. The van der Waals surface area contributed by atoms with Gasteiger partial charge in [-0.25, -0.2) is 5.48 Å². The van der Waals surface area contributed by atoms with E-state index in [0.717, 1.165) is 30.9 Å². The zero-order valence-corrected chi connectivity index (χ0v) is 14.3. The fourth-order valence-electron chi connectivity index (χ4n) is 2.85. The number of nitrogens with zero attached hydrogens (tertiary/aromatic N) is 1. The van der Waals surface area contributed by atoms with Crippen molar-refractivity contribution in [3.63, 3.8) is 0 Å². The van der Waals surface area contributed by atoms with E-state index in [2.05, 4.69) is 10.2 Å². The van der Waals surface area contributed by atoms with Gasteiger partial charge in [-0.05, 0) is 48.9 Å². The zero-order chi connectivity index (χ0) is 17.1. The highest BCUT2D eigenvalue weighted by atomic mass is 35.5. The second-order valence-corrected chi connectivity index (χ2v) is 6.53. The van der Waals surface area contributed by atoms with Gasteiger partial charge in [-0.15, -0.1) is 0 Å². The third-order valence-corrected chi connectivity index (χ3v) is 4.60. The molecule has 3 rings (SSSR count). The smallest absolute Gasteiger partial charge is 0.274 e. The van der Waals surface area contributed by atoms with Crippen LogP contribution in [0.2, 0.25) is 10.0 Å². The quantitative estimate of drug-likeness (QED) is 0.569. The predicted molar refractivity (Wildman–Crippen MR) is 96.4 cm³/mol. The lowest BCUT2D eigenvalue weighted by Crippen LogP contribution is -2.26. The highest BCUT2D eigenvalue weighted by molar-refractivity contribution is 6.36. The Labute approximate surface area is 150 Å². The van der Waals surface area contributed by atoms with Gasteiger partial charge in [0, 0.05) is 35.4 Å².